The molecule has 0 radical (unpaired) electrons. The first-order valence-electron chi connectivity index (χ1n) is 25.6. The van der Waals surface area contributed by atoms with Crippen molar-refractivity contribution in [3.8, 4) is 11.3 Å². The molecule has 1 amide bonds. The molecule has 8 aromatic heterocycles. The van der Waals surface area contributed by atoms with Gasteiger partial charge in [0.15, 0.2) is 29.5 Å². The van der Waals surface area contributed by atoms with Crippen molar-refractivity contribution >= 4 is 80.6 Å². The second-order valence-corrected chi connectivity index (χ2v) is 21.8. The molecule has 2 aliphatic carbocycles. The standard InChI is InChI=1S/C27H29N5O2S.C16H19BN2O3S.C10H11ClN4O/c1-17-12-19(26-20-15-31-32(27(20)30-16-29-26)25-8-4-5-11-34-25)14-28-21(17)9-10-22(33)24-13-18-6-2-3-7-23(18)35-24;1-10-6-12(17(21)22)8-18-13(10)9-19-16(20)15-7-11-4-2-3-5-14(11)23-15;11-9-7-5-14-15(10(7)13-6-12-9)8-3-1-2-4-16-8/h12-16,25H,2-11H2,1H3;6-8,21-22H,2-5,9H2,1H3,(H,19,20);5-6,8H,1-4H2. The van der Waals surface area contributed by atoms with Crippen LogP contribution in [0.3, 0.4) is 0 Å². The Labute approximate surface area is 442 Å². The minimum atomic E-state index is -1.53. The van der Waals surface area contributed by atoms with Gasteiger partial charge in [-0.2, -0.15) is 10.2 Å². The highest BCUT2D eigenvalue weighted by molar-refractivity contribution is 7.14. The number of amides is 1. The van der Waals surface area contributed by atoms with Crippen LogP contribution in [0.4, 0.5) is 0 Å². The molecule has 384 valence electrons. The van der Waals surface area contributed by atoms with E-state index < -0.39 is 7.12 Å². The first kappa shape index (κ1) is 51.6. The predicted molar refractivity (Wildman–Crippen MR) is 286 cm³/mol. The van der Waals surface area contributed by atoms with Gasteiger partial charge in [-0.05, 0) is 151 Å². The van der Waals surface area contributed by atoms with E-state index >= 15 is 0 Å². The van der Waals surface area contributed by atoms with Gasteiger partial charge >= 0.3 is 7.12 Å². The van der Waals surface area contributed by atoms with Crippen LogP contribution in [0.25, 0.3) is 33.3 Å². The van der Waals surface area contributed by atoms with Crippen molar-refractivity contribution in [2.45, 2.75) is 136 Å². The normalized spacial score (nSPS) is 17.4. The quantitative estimate of drug-likeness (QED) is 0.0627. The average molecular weight is 1060 g/mol. The number of aryl methyl sites for hydroxylation is 7. The Morgan fingerprint density at radius 1 is 0.689 bits per heavy atom. The lowest BCUT2D eigenvalue weighted by atomic mass is 9.81. The molecule has 2 unspecified atom stereocenters. The number of aromatic nitrogens is 10. The fraction of sp³-hybridized carbons (Fsp3) is 0.434. The molecule has 2 aliphatic heterocycles. The number of ether oxygens (including phenoxy) is 2. The summed E-state index contributed by atoms with van der Waals surface area (Å²) >= 11 is 9.25. The zero-order valence-corrected chi connectivity index (χ0v) is 44.0. The molecule has 4 aliphatic rings. The molecule has 10 heterocycles. The summed E-state index contributed by atoms with van der Waals surface area (Å²) in [6, 6.07) is 7.92. The maximum absolute atomic E-state index is 12.9. The highest BCUT2D eigenvalue weighted by Crippen LogP contribution is 2.34. The Kier molecular flexibility index (Phi) is 16.6. The van der Waals surface area contributed by atoms with Crippen molar-refractivity contribution in [3.05, 3.63) is 120 Å². The van der Waals surface area contributed by atoms with Gasteiger partial charge in [-0.15, -0.1) is 22.7 Å². The van der Waals surface area contributed by atoms with Gasteiger partial charge in [0.2, 0.25) is 0 Å². The number of nitrogens with zero attached hydrogens (tertiary/aromatic N) is 10. The van der Waals surface area contributed by atoms with Crippen molar-refractivity contribution in [1.29, 1.82) is 0 Å². The molecule has 0 aromatic carbocycles. The lowest BCUT2D eigenvalue weighted by Gasteiger charge is -2.22. The van der Waals surface area contributed by atoms with Crippen LogP contribution in [0.5, 0.6) is 0 Å². The SMILES string of the molecule is Cc1cc(-c2ncnc3c2cnn3C2CCCCO2)cnc1CCC(=O)c1cc2c(s1)CCCC2.Cc1cc(B(O)O)cnc1CNC(=O)c1cc2c(s1)CCCC2.Clc1ncnc2c1cnn2C1CCCCO1. The number of pyridine rings is 2. The van der Waals surface area contributed by atoms with Gasteiger partial charge in [-0.25, -0.2) is 29.3 Å². The summed E-state index contributed by atoms with van der Waals surface area (Å²) in [7, 11) is -1.53. The third kappa shape index (κ3) is 11.8. The Balaban J connectivity index is 0.000000138. The number of halogens is 1. The van der Waals surface area contributed by atoms with E-state index in [1.807, 2.05) is 30.1 Å². The highest BCUT2D eigenvalue weighted by Gasteiger charge is 2.24. The number of nitrogens with one attached hydrogen (secondary N) is 1. The molecular formula is C53H59BClN11O6S2. The number of Topliss-reactive ketones (excluding diaryl/α,β-unsaturated/α-hetero) is 1. The zero-order valence-electron chi connectivity index (χ0n) is 41.6. The fourth-order valence-corrected chi connectivity index (χ4v) is 12.5. The number of hydrogen-bond donors (Lipinski definition) is 3. The molecule has 0 saturated carbocycles. The van der Waals surface area contributed by atoms with Gasteiger partial charge in [-0.3, -0.25) is 19.6 Å². The Morgan fingerprint density at radius 3 is 1.91 bits per heavy atom. The Morgan fingerprint density at radius 2 is 1.28 bits per heavy atom. The molecule has 2 fully saturated rings. The molecule has 8 aromatic rings. The van der Waals surface area contributed by atoms with Crippen LogP contribution in [0.2, 0.25) is 5.15 Å². The van der Waals surface area contributed by atoms with E-state index in [1.165, 1.54) is 59.1 Å². The predicted octanol–water partition coefficient (Wildman–Crippen LogP) is 8.77. The molecule has 17 nitrogen and oxygen atoms in total. The summed E-state index contributed by atoms with van der Waals surface area (Å²) in [5.41, 5.74) is 9.91. The fourth-order valence-electron chi connectivity index (χ4n) is 9.96. The summed E-state index contributed by atoms with van der Waals surface area (Å²) in [6.45, 7) is 5.76. The number of thiophene rings is 2. The van der Waals surface area contributed by atoms with Gasteiger partial charge < -0.3 is 24.8 Å². The van der Waals surface area contributed by atoms with Crippen LogP contribution in [-0.2, 0) is 48.1 Å². The molecule has 0 bridgehead atoms. The average Bonchev–Trinajstić information content (AvgIpc) is 4.27. The lowest BCUT2D eigenvalue weighted by molar-refractivity contribution is -0.0371. The van der Waals surface area contributed by atoms with Crippen molar-refractivity contribution < 1.29 is 29.1 Å². The number of hydrogen-bond acceptors (Lipinski definition) is 16. The third-order valence-corrected chi connectivity index (χ3v) is 16.9. The molecule has 2 saturated heterocycles. The van der Waals surface area contributed by atoms with E-state index in [-0.39, 0.29) is 24.1 Å². The van der Waals surface area contributed by atoms with E-state index in [0.717, 1.165) is 143 Å². The van der Waals surface area contributed by atoms with E-state index in [2.05, 4.69) is 59.5 Å². The summed E-state index contributed by atoms with van der Waals surface area (Å²) in [5.74, 6) is 0.154. The minimum absolute atomic E-state index is 0.0165. The molecular weight excluding hydrogens is 997 g/mol. The van der Waals surface area contributed by atoms with E-state index in [1.54, 1.807) is 45.9 Å². The van der Waals surface area contributed by atoms with Crippen molar-refractivity contribution in [2.75, 3.05) is 13.2 Å². The topological polar surface area (TPSA) is 218 Å². The van der Waals surface area contributed by atoms with Crippen molar-refractivity contribution in [2.24, 2.45) is 0 Å². The molecule has 3 N–H and O–H groups in total. The number of ketones is 1. The van der Waals surface area contributed by atoms with E-state index in [4.69, 9.17) is 36.1 Å². The maximum Gasteiger partial charge on any atom is 0.490 e. The van der Waals surface area contributed by atoms with Gasteiger partial charge in [0.1, 0.15) is 17.8 Å². The van der Waals surface area contributed by atoms with Crippen LogP contribution in [0.15, 0.2) is 61.7 Å². The monoisotopic (exact) mass is 1060 g/mol. The first-order valence-corrected chi connectivity index (χ1v) is 27.7. The number of rotatable bonds is 11. The summed E-state index contributed by atoms with van der Waals surface area (Å²) in [6.07, 6.45) is 26.6. The molecule has 0 spiro atoms. The molecule has 21 heteroatoms. The first-order chi connectivity index (χ1) is 36.1. The summed E-state index contributed by atoms with van der Waals surface area (Å²) < 4.78 is 15.3. The second kappa shape index (κ2) is 23.8. The van der Waals surface area contributed by atoms with Crippen LogP contribution >= 0.6 is 34.3 Å². The second-order valence-electron chi connectivity index (χ2n) is 19.2. The summed E-state index contributed by atoms with van der Waals surface area (Å²) in [4.78, 5) is 55.7. The van der Waals surface area contributed by atoms with Crippen molar-refractivity contribution in [1.82, 2.24) is 54.8 Å². The van der Waals surface area contributed by atoms with Gasteiger partial charge in [0.25, 0.3) is 5.91 Å². The van der Waals surface area contributed by atoms with Crippen LogP contribution < -0.4 is 10.8 Å². The van der Waals surface area contributed by atoms with E-state index in [9.17, 15) is 9.59 Å². The molecule has 12 rings (SSSR count). The van der Waals surface area contributed by atoms with Crippen molar-refractivity contribution in [3.63, 3.8) is 0 Å². The highest BCUT2D eigenvalue weighted by atomic mass is 35.5. The lowest BCUT2D eigenvalue weighted by Crippen LogP contribution is -2.31. The minimum Gasteiger partial charge on any atom is -0.423 e. The Hall–Kier alpha value is -5.87. The van der Waals surface area contributed by atoms with Gasteiger partial charge in [0.05, 0.1) is 50.9 Å². The van der Waals surface area contributed by atoms with Gasteiger partial charge in [-0.1, -0.05) is 17.7 Å². The summed E-state index contributed by atoms with van der Waals surface area (Å²) in [5, 5.41) is 32.1. The largest absolute Gasteiger partial charge is 0.490 e. The van der Waals surface area contributed by atoms with Crippen LogP contribution in [0.1, 0.15) is 146 Å². The molecule has 2 atom stereocenters. The van der Waals surface area contributed by atoms with Gasteiger partial charge in [0, 0.05) is 58.5 Å². The van der Waals surface area contributed by atoms with Crippen LogP contribution in [0, 0.1) is 13.8 Å². The molecule has 74 heavy (non-hydrogen) atoms. The Bertz CT molecular complexity index is 3230. The van der Waals surface area contributed by atoms with Crippen LogP contribution in [-0.4, -0.2) is 91.5 Å². The van der Waals surface area contributed by atoms with E-state index in [0.29, 0.717) is 30.0 Å². The zero-order chi connectivity index (χ0) is 51.1. The number of fused-ring (bicyclic) bond motifs is 4. The third-order valence-electron chi connectivity index (χ3n) is 14.1. The maximum atomic E-state index is 12.9. The smallest absolute Gasteiger partial charge is 0.423 e. The number of carbonyl (C=O) groups excluding carboxylic acids is 2. The number of carbonyl (C=O) groups is 2.